The van der Waals surface area contributed by atoms with Gasteiger partial charge in [-0.25, -0.2) is 0 Å². The minimum atomic E-state index is -0.769. The summed E-state index contributed by atoms with van der Waals surface area (Å²) in [5.41, 5.74) is 0. The van der Waals surface area contributed by atoms with Crippen molar-refractivity contribution in [2.75, 3.05) is 6.54 Å². The van der Waals surface area contributed by atoms with Gasteiger partial charge in [-0.15, -0.1) is 0 Å². The molecule has 4 nitrogen and oxygen atoms in total. The molecule has 1 saturated heterocycles. The molecular weight excluding hydrogens is 230 g/mol. The predicted molar refractivity (Wildman–Crippen MR) is 70.3 cm³/mol. The Balaban J connectivity index is 2.52. The number of likely N-dealkylation sites (tertiary alicyclic amines) is 1. The van der Waals surface area contributed by atoms with Gasteiger partial charge in [0.1, 0.15) is 0 Å². The van der Waals surface area contributed by atoms with Crippen molar-refractivity contribution in [2.45, 2.75) is 64.8 Å². The normalized spacial score (nSPS) is 21.7. The molecule has 1 aliphatic heterocycles. The molecule has 1 fully saturated rings. The van der Waals surface area contributed by atoms with Gasteiger partial charge in [0, 0.05) is 25.4 Å². The molecule has 104 valence electrons. The summed E-state index contributed by atoms with van der Waals surface area (Å²) >= 11 is 0. The largest absolute Gasteiger partial charge is 0.481 e. The van der Waals surface area contributed by atoms with E-state index in [1.165, 1.54) is 0 Å². The Morgan fingerprint density at radius 1 is 1.39 bits per heavy atom. The molecule has 0 saturated carbocycles. The second kappa shape index (κ2) is 7.39. The summed E-state index contributed by atoms with van der Waals surface area (Å²) in [7, 11) is 0. The van der Waals surface area contributed by atoms with Crippen molar-refractivity contribution in [2.24, 2.45) is 5.92 Å². The third-order valence-electron chi connectivity index (χ3n) is 3.86. The van der Waals surface area contributed by atoms with Crippen molar-refractivity contribution in [1.82, 2.24) is 4.90 Å². The Morgan fingerprint density at radius 3 is 2.72 bits per heavy atom. The Labute approximate surface area is 109 Å². The molecule has 0 aromatic carbocycles. The number of carbonyl (C=O) groups is 2. The summed E-state index contributed by atoms with van der Waals surface area (Å²) < 4.78 is 0. The monoisotopic (exact) mass is 255 g/mol. The van der Waals surface area contributed by atoms with Crippen LogP contribution in [-0.2, 0) is 9.59 Å². The van der Waals surface area contributed by atoms with Gasteiger partial charge < -0.3 is 10.0 Å². The van der Waals surface area contributed by atoms with Gasteiger partial charge in [0.05, 0.1) is 0 Å². The van der Waals surface area contributed by atoms with Gasteiger partial charge in [0.15, 0.2) is 0 Å². The van der Waals surface area contributed by atoms with E-state index in [4.69, 9.17) is 5.11 Å². The van der Waals surface area contributed by atoms with Gasteiger partial charge in [0.25, 0.3) is 0 Å². The fraction of sp³-hybridized carbons (Fsp3) is 0.857. The van der Waals surface area contributed by atoms with Gasteiger partial charge in [-0.05, 0) is 31.6 Å². The lowest BCUT2D eigenvalue weighted by molar-refractivity contribution is -0.140. The van der Waals surface area contributed by atoms with Crippen molar-refractivity contribution in [3.05, 3.63) is 0 Å². The van der Waals surface area contributed by atoms with Gasteiger partial charge in [-0.3, -0.25) is 9.59 Å². The first-order valence-electron chi connectivity index (χ1n) is 7.05. The lowest BCUT2D eigenvalue weighted by Gasteiger charge is -2.36. The van der Waals surface area contributed by atoms with Crippen LogP contribution < -0.4 is 0 Å². The minimum absolute atomic E-state index is 0.145. The zero-order valence-electron chi connectivity index (χ0n) is 11.5. The molecule has 0 aromatic heterocycles. The summed E-state index contributed by atoms with van der Waals surface area (Å²) in [5.74, 6) is -0.145. The zero-order chi connectivity index (χ0) is 13.5. The fourth-order valence-corrected chi connectivity index (χ4v) is 2.48. The summed E-state index contributed by atoms with van der Waals surface area (Å²) in [6, 6.07) is 0.145. The van der Waals surface area contributed by atoms with E-state index in [0.717, 1.165) is 32.2 Å². The van der Waals surface area contributed by atoms with Crippen molar-refractivity contribution < 1.29 is 14.7 Å². The molecule has 18 heavy (non-hydrogen) atoms. The molecule has 1 rings (SSSR count). The van der Waals surface area contributed by atoms with Crippen molar-refractivity contribution in [3.8, 4) is 0 Å². The van der Waals surface area contributed by atoms with Crippen molar-refractivity contribution in [3.63, 3.8) is 0 Å². The Morgan fingerprint density at radius 2 is 2.11 bits per heavy atom. The molecule has 1 N–H and O–H groups in total. The summed E-state index contributed by atoms with van der Waals surface area (Å²) in [6.45, 7) is 4.99. The number of carboxylic acid groups (broad SMARTS) is 1. The maximum Gasteiger partial charge on any atom is 0.303 e. The average Bonchev–Trinajstić information content (AvgIpc) is 2.36. The molecule has 2 atom stereocenters. The van der Waals surface area contributed by atoms with E-state index in [1.807, 2.05) is 4.90 Å². The van der Waals surface area contributed by atoms with Gasteiger partial charge >= 0.3 is 5.97 Å². The zero-order valence-corrected chi connectivity index (χ0v) is 11.5. The van der Waals surface area contributed by atoms with Crippen LogP contribution in [0.2, 0.25) is 0 Å². The van der Waals surface area contributed by atoms with Gasteiger partial charge in [-0.2, -0.15) is 0 Å². The first-order valence-corrected chi connectivity index (χ1v) is 7.05. The third-order valence-corrected chi connectivity index (χ3v) is 3.86. The maximum atomic E-state index is 12.2. The molecule has 2 unspecified atom stereocenters. The Bertz CT molecular complexity index is 291. The number of rotatable bonds is 6. The molecule has 4 heteroatoms. The number of aliphatic carboxylic acids is 1. The number of hydrogen-bond donors (Lipinski definition) is 1. The summed E-state index contributed by atoms with van der Waals surface area (Å²) in [5, 5.41) is 8.75. The van der Waals surface area contributed by atoms with E-state index in [0.29, 0.717) is 18.8 Å². The van der Waals surface area contributed by atoms with Crippen LogP contribution in [0.1, 0.15) is 58.8 Å². The van der Waals surface area contributed by atoms with Crippen molar-refractivity contribution >= 4 is 11.9 Å². The lowest BCUT2D eigenvalue weighted by Crippen LogP contribution is -2.44. The lowest BCUT2D eigenvalue weighted by atomic mass is 9.96. The van der Waals surface area contributed by atoms with Crippen LogP contribution in [-0.4, -0.2) is 34.5 Å². The van der Waals surface area contributed by atoms with Crippen LogP contribution in [0.4, 0.5) is 0 Å². The summed E-state index contributed by atoms with van der Waals surface area (Å²) in [6.07, 6.45) is 5.49. The van der Waals surface area contributed by atoms with Crippen molar-refractivity contribution in [1.29, 1.82) is 0 Å². The molecule has 1 heterocycles. The number of nitrogens with zero attached hydrogens (tertiary/aromatic N) is 1. The standard InChI is InChI=1S/C14H25NO3/c1-3-11(2)10-13(16)15-9-5-4-6-12(15)7-8-14(17)18/h11-12H,3-10H2,1-2H3,(H,17,18). The highest BCUT2D eigenvalue weighted by molar-refractivity contribution is 5.77. The number of carbonyl (C=O) groups excluding carboxylic acids is 1. The number of carboxylic acids is 1. The molecule has 1 amide bonds. The average molecular weight is 255 g/mol. The number of piperidine rings is 1. The van der Waals surface area contributed by atoms with E-state index in [9.17, 15) is 9.59 Å². The maximum absolute atomic E-state index is 12.2. The second-order valence-electron chi connectivity index (χ2n) is 5.39. The smallest absolute Gasteiger partial charge is 0.303 e. The highest BCUT2D eigenvalue weighted by atomic mass is 16.4. The van der Waals surface area contributed by atoms with Crippen LogP contribution in [0.3, 0.4) is 0 Å². The topological polar surface area (TPSA) is 57.6 Å². The highest BCUT2D eigenvalue weighted by Gasteiger charge is 2.27. The highest BCUT2D eigenvalue weighted by Crippen LogP contribution is 2.23. The quantitative estimate of drug-likeness (QED) is 0.793. The Hall–Kier alpha value is -1.06. The van der Waals surface area contributed by atoms with E-state index >= 15 is 0 Å². The van der Waals surface area contributed by atoms with Crippen LogP contribution in [0, 0.1) is 5.92 Å². The van der Waals surface area contributed by atoms with Crippen LogP contribution >= 0.6 is 0 Å². The van der Waals surface area contributed by atoms with E-state index in [1.54, 1.807) is 0 Å². The fourth-order valence-electron chi connectivity index (χ4n) is 2.48. The number of hydrogen-bond acceptors (Lipinski definition) is 2. The molecule has 0 bridgehead atoms. The third kappa shape index (κ3) is 4.67. The molecule has 0 radical (unpaired) electrons. The van der Waals surface area contributed by atoms with E-state index < -0.39 is 5.97 Å². The van der Waals surface area contributed by atoms with Crippen LogP contribution in [0.5, 0.6) is 0 Å². The van der Waals surface area contributed by atoms with E-state index in [2.05, 4.69) is 13.8 Å². The molecule has 0 aliphatic carbocycles. The Kier molecular flexibility index (Phi) is 6.16. The summed E-state index contributed by atoms with van der Waals surface area (Å²) in [4.78, 5) is 24.8. The van der Waals surface area contributed by atoms with Crippen LogP contribution in [0.15, 0.2) is 0 Å². The molecule has 0 spiro atoms. The first-order chi connectivity index (χ1) is 8.54. The number of amides is 1. The van der Waals surface area contributed by atoms with Gasteiger partial charge in [0.2, 0.25) is 5.91 Å². The van der Waals surface area contributed by atoms with Crippen LogP contribution in [0.25, 0.3) is 0 Å². The molecule has 1 aliphatic rings. The predicted octanol–water partition coefficient (Wildman–Crippen LogP) is 2.67. The molecular formula is C14H25NO3. The van der Waals surface area contributed by atoms with E-state index in [-0.39, 0.29) is 18.4 Å². The molecule has 0 aromatic rings. The SMILES string of the molecule is CCC(C)CC(=O)N1CCCCC1CCC(=O)O. The second-order valence-corrected chi connectivity index (χ2v) is 5.39. The first kappa shape index (κ1) is 15.0. The minimum Gasteiger partial charge on any atom is -0.481 e. The van der Waals surface area contributed by atoms with Gasteiger partial charge in [-0.1, -0.05) is 20.3 Å².